The molecule has 1 aliphatic carbocycles. The Kier molecular flexibility index (Phi) is 5.82. The maximum absolute atomic E-state index is 13.7. The molecule has 4 nitrogen and oxygen atoms in total. The summed E-state index contributed by atoms with van der Waals surface area (Å²) in [6.45, 7) is 0.256. The van der Waals surface area contributed by atoms with Crippen LogP contribution in [0.25, 0.3) is 0 Å². The summed E-state index contributed by atoms with van der Waals surface area (Å²) < 4.78 is 39.7. The number of rotatable bonds is 5. The lowest BCUT2D eigenvalue weighted by Gasteiger charge is -2.30. The first-order valence-electron chi connectivity index (χ1n) is 7.35. The predicted octanol–water partition coefficient (Wildman–Crippen LogP) is 2.79. The van der Waals surface area contributed by atoms with Gasteiger partial charge in [0.2, 0.25) is 10.0 Å². The maximum atomic E-state index is 13.7. The second-order valence-electron chi connectivity index (χ2n) is 5.88. The molecule has 0 aromatic heterocycles. The van der Waals surface area contributed by atoms with Crippen LogP contribution < -0.4 is 0 Å². The summed E-state index contributed by atoms with van der Waals surface area (Å²) in [4.78, 5) is 0. The number of aliphatic hydroxyl groups is 1. The molecule has 124 valence electrons. The van der Waals surface area contributed by atoms with Gasteiger partial charge in [-0.3, -0.25) is 0 Å². The first kappa shape index (κ1) is 17.7. The molecule has 1 aromatic carbocycles. The molecule has 0 bridgehead atoms. The van der Waals surface area contributed by atoms with Crippen LogP contribution in [0.15, 0.2) is 18.2 Å². The third kappa shape index (κ3) is 4.41. The minimum absolute atomic E-state index is 0.0577. The van der Waals surface area contributed by atoms with Crippen LogP contribution in [0.5, 0.6) is 0 Å². The molecule has 0 heterocycles. The lowest BCUT2D eigenvalue weighted by molar-refractivity contribution is 0.0620. The molecule has 2 atom stereocenters. The molecule has 1 aliphatic rings. The second-order valence-corrected chi connectivity index (χ2v) is 8.40. The Labute approximate surface area is 135 Å². The Morgan fingerprint density at radius 3 is 2.73 bits per heavy atom. The maximum Gasteiger partial charge on any atom is 0.218 e. The quantitative estimate of drug-likeness (QED) is 0.889. The molecular formula is C15H21ClFNO3S. The summed E-state index contributed by atoms with van der Waals surface area (Å²) in [5, 5.41) is 10.3. The fourth-order valence-electron chi connectivity index (χ4n) is 2.81. The average Bonchev–Trinajstić information content (AvgIpc) is 2.45. The van der Waals surface area contributed by atoms with Gasteiger partial charge in [-0.15, -0.1) is 0 Å². The molecule has 1 fully saturated rings. The number of sulfonamides is 1. The van der Waals surface area contributed by atoms with Gasteiger partial charge >= 0.3 is 0 Å². The van der Waals surface area contributed by atoms with Crippen molar-refractivity contribution in [2.24, 2.45) is 5.92 Å². The third-order valence-corrected chi connectivity index (χ3v) is 6.19. The van der Waals surface area contributed by atoms with Crippen LogP contribution in [0, 0.1) is 11.7 Å². The Morgan fingerprint density at radius 1 is 1.36 bits per heavy atom. The van der Waals surface area contributed by atoms with Crippen LogP contribution >= 0.6 is 11.6 Å². The van der Waals surface area contributed by atoms with E-state index in [0.717, 1.165) is 25.3 Å². The third-order valence-electron chi connectivity index (χ3n) is 4.18. The molecule has 0 spiro atoms. The van der Waals surface area contributed by atoms with E-state index in [0.29, 0.717) is 11.4 Å². The van der Waals surface area contributed by atoms with Crippen LogP contribution in [0.4, 0.5) is 4.39 Å². The number of hydrogen-bond donors (Lipinski definition) is 1. The lowest BCUT2D eigenvalue weighted by Crippen LogP contribution is -2.38. The van der Waals surface area contributed by atoms with Gasteiger partial charge < -0.3 is 5.11 Å². The standard InChI is InChI=1S/C15H21ClFNO3S/c1-18(9-11-4-2-3-5-15(11)19)22(20,21)10-12-8-13(16)6-7-14(12)17/h6-8,11,15,19H,2-5,9-10H2,1H3. The largest absolute Gasteiger partial charge is 0.393 e. The normalized spacial score (nSPS) is 23.0. The summed E-state index contributed by atoms with van der Waals surface area (Å²) >= 11 is 5.79. The first-order chi connectivity index (χ1) is 10.3. The van der Waals surface area contributed by atoms with Crippen molar-refractivity contribution < 1.29 is 17.9 Å². The molecule has 22 heavy (non-hydrogen) atoms. The SMILES string of the molecule is CN(CC1CCCCC1O)S(=O)(=O)Cc1cc(Cl)ccc1F. The molecular weight excluding hydrogens is 329 g/mol. The Balaban J connectivity index is 2.07. The zero-order valence-corrected chi connectivity index (χ0v) is 14.1. The molecule has 2 unspecified atom stereocenters. The smallest absolute Gasteiger partial charge is 0.218 e. The number of nitrogens with zero attached hydrogens (tertiary/aromatic N) is 1. The van der Waals surface area contributed by atoms with E-state index in [4.69, 9.17) is 11.6 Å². The number of halogens is 2. The molecule has 1 N–H and O–H groups in total. The van der Waals surface area contributed by atoms with E-state index >= 15 is 0 Å². The molecule has 0 radical (unpaired) electrons. The van der Waals surface area contributed by atoms with Crippen LogP contribution in [0.1, 0.15) is 31.2 Å². The average molecular weight is 350 g/mol. The summed E-state index contributed by atoms with van der Waals surface area (Å²) in [6.07, 6.45) is 3.03. The highest BCUT2D eigenvalue weighted by Crippen LogP contribution is 2.26. The van der Waals surface area contributed by atoms with Crippen LogP contribution in [0.3, 0.4) is 0 Å². The van der Waals surface area contributed by atoms with E-state index in [1.165, 1.54) is 23.5 Å². The van der Waals surface area contributed by atoms with Gasteiger partial charge in [-0.2, -0.15) is 0 Å². The molecule has 0 aliphatic heterocycles. The minimum Gasteiger partial charge on any atom is -0.393 e. The van der Waals surface area contributed by atoms with Crippen molar-refractivity contribution in [1.29, 1.82) is 0 Å². The fraction of sp³-hybridized carbons (Fsp3) is 0.600. The van der Waals surface area contributed by atoms with Crippen LogP contribution in [-0.2, 0) is 15.8 Å². The molecule has 2 rings (SSSR count). The van der Waals surface area contributed by atoms with E-state index in [9.17, 15) is 17.9 Å². The summed E-state index contributed by atoms with van der Waals surface area (Å²) in [5.41, 5.74) is 0.0588. The minimum atomic E-state index is -3.65. The molecule has 1 aromatic rings. The van der Waals surface area contributed by atoms with E-state index in [1.807, 2.05) is 0 Å². The van der Waals surface area contributed by atoms with Crippen molar-refractivity contribution in [2.75, 3.05) is 13.6 Å². The van der Waals surface area contributed by atoms with Gasteiger partial charge in [-0.05, 0) is 37.0 Å². The van der Waals surface area contributed by atoms with Crippen molar-refractivity contribution in [3.8, 4) is 0 Å². The van der Waals surface area contributed by atoms with Gasteiger partial charge in [0.15, 0.2) is 0 Å². The van der Waals surface area contributed by atoms with Gasteiger partial charge in [0.1, 0.15) is 5.82 Å². The monoisotopic (exact) mass is 349 g/mol. The molecule has 7 heteroatoms. The highest BCUT2D eigenvalue weighted by molar-refractivity contribution is 7.88. The van der Waals surface area contributed by atoms with Gasteiger partial charge in [-0.1, -0.05) is 24.4 Å². The fourth-order valence-corrected chi connectivity index (χ4v) is 4.25. The van der Waals surface area contributed by atoms with Gasteiger partial charge in [0, 0.05) is 24.2 Å². The zero-order valence-electron chi connectivity index (χ0n) is 12.5. The van der Waals surface area contributed by atoms with Crippen molar-refractivity contribution in [3.05, 3.63) is 34.6 Å². The summed E-state index contributed by atoms with van der Waals surface area (Å²) in [5.74, 6) is -1.07. The van der Waals surface area contributed by atoms with Crippen molar-refractivity contribution in [1.82, 2.24) is 4.31 Å². The zero-order chi connectivity index (χ0) is 16.3. The van der Waals surface area contributed by atoms with E-state index in [-0.39, 0.29) is 18.0 Å². The van der Waals surface area contributed by atoms with Crippen LogP contribution in [-0.4, -0.2) is 37.5 Å². The number of aliphatic hydroxyl groups excluding tert-OH is 1. The van der Waals surface area contributed by atoms with Gasteiger partial charge in [0.25, 0.3) is 0 Å². The van der Waals surface area contributed by atoms with Gasteiger partial charge in [0.05, 0.1) is 11.9 Å². The Bertz CT molecular complexity index is 623. The highest BCUT2D eigenvalue weighted by atomic mass is 35.5. The van der Waals surface area contributed by atoms with Crippen LogP contribution in [0.2, 0.25) is 5.02 Å². The highest BCUT2D eigenvalue weighted by Gasteiger charge is 2.28. The summed E-state index contributed by atoms with van der Waals surface area (Å²) in [7, 11) is -2.18. The van der Waals surface area contributed by atoms with Gasteiger partial charge in [-0.25, -0.2) is 17.1 Å². The molecule has 1 saturated carbocycles. The van der Waals surface area contributed by atoms with Crippen molar-refractivity contribution >= 4 is 21.6 Å². The van der Waals surface area contributed by atoms with E-state index in [2.05, 4.69) is 0 Å². The first-order valence-corrected chi connectivity index (χ1v) is 9.34. The Hall–Kier alpha value is -0.690. The molecule has 0 amide bonds. The lowest BCUT2D eigenvalue weighted by atomic mass is 9.86. The number of benzene rings is 1. The number of hydrogen-bond acceptors (Lipinski definition) is 3. The predicted molar refractivity (Wildman–Crippen MR) is 84.6 cm³/mol. The topological polar surface area (TPSA) is 57.6 Å². The summed E-state index contributed by atoms with van der Waals surface area (Å²) in [6, 6.07) is 3.88. The van der Waals surface area contributed by atoms with Crippen molar-refractivity contribution in [2.45, 2.75) is 37.5 Å². The van der Waals surface area contributed by atoms with E-state index < -0.39 is 27.7 Å². The molecule has 0 saturated heterocycles. The second kappa shape index (κ2) is 7.25. The Morgan fingerprint density at radius 2 is 2.05 bits per heavy atom. The van der Waals surface area contributed by atoms with E-state index in [1.54, 1.807) is 0 Å². The van der Waals surface area contributed by atoms with Crippen molar-refractivity contribution in [3.63, 3.8) is 0 Å².